The Hall–Kier alpha value is -1.92. The van der Waals surface area contributed by atoms with Crippen LogP contribution in [0.1, 0.15) is 40.5 Å². The van der Waals surface area contributed by atoms with Gasteiger partial charge in [0.15, 0.2) is 5.13 Å². The highest BCUT2D eigenvalue weighted by atomic mass is 32.1. The number of aromatic nitrogens is 1. The van der Waals surface area contributed by atoms with Crippen molar-refractivity contribution in [2.24, 2.45) is 5.92 Å². The molecule has 0 spiro atoms. The van der Waals surface area contributed by atoms with Crippen LogP contribution >= 0.6 is 22.7 Å². The van der Waals surface area contributed by atoms with E-state index < -0.39 is 0 Å². The number of amides is 1. The van der Waals surface area contributed by atoms with Crippen molar-refractivity contribution in [2.75, 3.05) is 5.32 Å². The molecule has 0 fully saturated rings. The lowest BCUT2D eigenvalue weighted by atomic mass is 10.0. The fraction of sp³-hybridized carbons (Fsp3) is 0.333. The quantitative estimate of drug-likeness (QED) is 0.796. The van der Waals surface area contributed by atoms with Crippen LogP contribution in [0.25, 0.3) is 6.08 Å². The first kappa shape index (κ1) is 16.9. The van der Waals surface area contributed by atoms with Gasteiger partial charge in [0.05, 0.1) is 16.6 Å². The van der Waals surface area contributed by atoms with E-state index in [0.717, 1.165) is 29.4 Å². The number of nitrogens with one attached hydrogen (secondary N) is 2. The Morgan fingerprint density at radius 3 is 2.92 bits per heavy atom. The highest BCUT2D eigenvalue weighted by Crippen LogP contribution is 2.29. The minimum atomic E-state index is -0.156. The molecule has 24 heavy (non-hydrogen) atoms. The molecule has 1 atom stereocenters. The molecule has 1 aliphatic rings. The molecule has 1 amide bonds. The first-order valence-corrected chi connectivity index (χ1v) is 9.70. The van der Waals surface area contributed by atoms with E-state index in [-0.39, 0.29) is 17.9 Å². The second-order valence-corrected chi connectivity index (χ2v) is 8.12. The van der Waals surface area contributed by atoms with Crippen LogP contribution in [0.2, 0.25) is 0 Å². The van der Waals surface area contributed by atoms with Crippen LogP contribution in [0.4, 0.5) is 5.13 Å². The van der Waals surface area contributed by atoms with E-state index in [1.165, 1.54) is 16.2 Å². The fourth-order valence-corrected chi connectivity index (χ4v) is 4.25. The largest absolute Gasteiger partial charge is 0.343 e. The Balaban J connectivity index is 1.69. The summed E-state index contributed by atoms with van der Waals surface area (Å²) < 4.78 is 0. The van der Waals surface area contributed by atoms with Gasteiger partial charge in [0.1, 0.15) is 0 Å². The molecule has 2 N–H and O–H groups in total. The van der Waals surface area contributed by atoms with Crippen molar-refractivity contribution >= 4 is 39.8 Å². The number of nitrogens with zero attached hydrogens (tertiary/aromatic N) is 1. The second-order valence-electron chi connectivity index (χ2n) is 6.09. The minimum Gasteiger partial charge on any atom is -0.343 e. The van der Waals surface area contributed by atoms with Crippen LogP contribution < -0.4 is 10.6 Å². The molecule has 0 radical (unpaired) electrons. The van der Waals surface area contributed by atoms with Gasteiger partial charge in [-0.25, -0.2) is 4.98 Å². The number of thiophene rings is 1. The topological polar surface area (TPSA) is 54.0 Å². The van der Waals surface area contributed by atoms with Gasteiger partial charge in [-0.15, -0.1) is 22.7 Å². The van der Waals surface area contributed by atoms with E-state index in [0.29, 0.717) is 4.88 Å². The van der Waals surface area contributed by atoms with Crippen LogP contribution in [0.15, 0.2) is 35.9 Å². The second kappa shape index (κ2) is 7.32. The van der Waals surface area contributed by atoms with Gasteiger partial charge in [-0.1, -0.05) is 32.6 Å². The van der Waals surface area contributed by atoms with Crippen LogP contribution in [0.3, 0.4) is 0 Å². The van der Waals surface area contributed by atoms with Crippen LogP contribution in [0, 0.1) is 5.92 Å². The molecular weight excluding hydrogens is 338 g/mol. The Labute approximate surface area is 150 Å². The van der Waals surface area contributed by atoms with Gasteiger partial charge >= 0.3 is 0 Å². The smallest absolute Gasteiger partial charge is 0.261 e. The number of thiazole rings is 1. The molecule has 0 aliphatic heterocycles. The van der Waals surface area contributed by atoms with Gasteiger partial charge in [-0.2, -0.15) is 0 Å². The van der Waals surface area contributed by atoms with E-state index in [1.807, 2.05) is 17.5 Å². The van der Waals surface area contributed by atoms with E-state index in [4.69, 9.17) is 0 Å². The van der Waals surface area contributed by atoms with Crippen molar-refractivity contribution in [3.8, 4) is 0 Å². The zero-order valence-corrected chi connectivity index (χ0v) is 15.5. The van der Waals surface area contributed by atoms with Crippen molar-refractivity contribution < 1.29 is 4.79 Å². The summed E-state index contributed by atoms with van der Waals surface area (Å²) in [5.41, 5.74) is 1.82. The van der Waals surface area contributed by atoms with Crippen molar-refractivity contribution in [2.45, 2.75) is 32.7 Å². The zero-order valence-electron chi connectivity index (χ0n) is 13.8. The fourth-order valence-electron chi connectivity index (χ4n) is 2.63. The summed E-state index contributed by atoms with van der Waals surface area (Å²) in [6.07, 6.45) is 6.34. The number of carbonyl (C=O) groups is 1. The number of allylic oxidation sites excluding steroid dienone is 1. The molecule has 2 aromatic heterocycles. The van der Waals surface area contributed by atoms with Crippen molar-refractivity contribution in [1.29, 1.82) is 0 Å². The van der Waals surface area contributed by atoms with Gasteiger partial charge in [-0.3, -0.25) is 4.79 Å². The number of carbonyl (C=O) groups excluding carboxylic acids is 1. The Kier molecular flexibility index (Phi) is 5.16. The molecular formula is C18H21N3OS2. The van der Waals surface area contributed by atoms with Gasteiger partial charge in [0.25, 0.3) is 5.91 Å². The predicted molar refractivity (Wildman–Crippen MR) is 103 cm³/mol. The molecule has 0 saturated heterocycles. The normalized spacial score (nSPS) is 14.3. The molecule has 2 aromatic rings. The molecule has 1 aliphatic carbocycles. The Morgan fingerprint density at radius 2 is 2.25 bits per heavy atom. The molecule has 126 valence electrons. The zero-order chi connectivity index (χ0) is 17.1. The first-order chi connectivity index (χ1) is 11.5. The molecule has 0 aromatic carbocycles. The number of fused-ring (bicyclic) bond motifs is 1. The minimum absolute atomic E-state index is 0.0620. The summed E-state index contributed by atoms with van der Waals surface area (Å²) in [4.78, 5) is 19.0. The summed E-state index contributed by atoms with van der Waals surface area (Å²) >= 11 is 3.10. The number of rotatable bonds is 6. The van der Waals surface area contributed by atoms with Crippen LogP contribution in [-0.4, -0.2) is 16.9 Å². The maximum absolute atomic E-state index is 12.3. The molecule has 1 unspecified atom stereocenters. The summed E-state index contributed by atoms with van der Waals surface area (Å²) in [5, 5.41) is 9.11. The van der Waals surface area contributed by atoms with Crippen LogP contribution in [-0.2, 0) is 6.42 Å². The van der Waals surface area contributed by atoms with E-state index in [1.54, 1.807) is 11.3 Å². The van der Waals surface area contributed by atoms with Gasteiger partial charge < -0.3 is 10.6 Å². The third-order valence-electron chi connectivity index (χ3n) is 3.88. The monoisotopic (exact) mass is 359 g/mol. The van der Waals surface area contributed by atoms with Crippen molar-refractivity contribution in [3.63, 3.8) is 0 Å². The Morgan fingerprint density at radius 1 is 1.42 bits per heavy atom. The lowest BCUT2D eigenvalue weighted by molar-refractivity contribution is 0.0938. The summed E-state index contributed by atoms with van der Waals surface area (Å²) in [5.74, 6) is 0.163. The van der Waals surface area contributed by atoms with E-state index >= 15 is 0 Å². The average molecular weight is 360 g/mol. The lowest BCUT2D eigenvalue weighted by Crippen LogP contribution is -2.41. The molecule has 6 heteroatoms. The highest BCUT2D eigenvalue weighted by molar-refractivity contribution is 7.15. The van der Waals surface area contributed by atoms with Crippen molar-refractivity contribution in [1.82, 2.24) is 10.3 Å². The summed E-state index contributed by atoms with van der Waals surface area (Å²) in [6.45, 7) is 8.28. The summed E-state index contributed by atoms with van der Waals surface area (Å²) in [7, 11) is 0. The standard InChI is InChI=1S/C18H21N3OS2/c1-11(2)16(21-17(22)15-9-6-10-23-15)12(3)19-18-20-13-7-4-5-8-14(13)24-18/h4,6-7,9-11,16H,3,5,8H2,1-2H3,(H,19,20)(H,21,22). The molecule has 4 nitrogen and oxygen atoms in total. The highest BCUT2D eigenvalue weighted by Gasteiger charge is 2.22. The SMILES string of the molecule is C=C(Nc1nc2c(s1)CCC=C2)C(NC(=O)c1cccs1)C(C)C. The van der Waals surface area contributed by atoms with E-state index in [9.17, 15) is 4.79 Å². The number of anilines is 1. The van der Waals surface area contributed by atoms with E-state index in [2.05, 4.69) is 48.2 Å². The van der Waals surface area contributed by atoms with Gasteiger partial charge in [-0.05, 0) is 36.3 Å². The molecule has 0 bridgehead atoms. The van der Waals surface area contributed by atoms with Gasteiger partial charge in [0.2, 0.25) is 0 Å². The lowest BCUT2D eigenvalue weighted by Gasteiger charge is -2.24. The first-order valence-electron chi connectivity index (χ1n) is 8.01. The average Bonchev–Trinajstić information content (AvgIpc) is 3.20. The maximum Gasteiger partial charge on any atom is 0.261 e. The van der Waals surface area contributed by atoms with Crippen molar-refractivity contribution in [3.05, 3.63) is 51.3 Å². The number of aryl methyl sites for hydroxylation is 1. The maximum atomic E-state index is 12.3. The predicted octanol–water partition coefficient (Wildman–Crippen LogP) is 4.54. The Bertz CT molecular complexity index is 759. The van der Waals surface area contributed by atoms with Gasteiger partial charge in [0, 0.05) is 10.6 Å². The number of hydrogen-bond donors (Lipinski definition) is 2. The van der Waals surface area contributed by atoms with Crippen LogP contribution in [0.5, 0.6) is 0 Å². The molecule has 3 rings (SSSR count). The number of hydrogen-bond acceptors (Lipinski definition) is 5. The molecule has 0 saturated carbocycles. The molecule has 2 heterocycles. The third kappa shape index (κ3) is 3.76. The third-order valence-corrected chi connectivity index (χ3v) is 5.80. The summed E-state index contributed by atoms with van der Waals surface area (Å²) in [6, 6.07) is 3.55.